The van der Waals surface area contributed by atoms with E-state index in [-0.39, 0.29) is 11.1 Å². The van der Waals surface area contributed by atoms with Gasteiger partial charge in [0.2, 0.25) is 0 Å². The number of rotatable bonds is 4. The lowest BCUT2D eigenvalue weighted by molar-refractivity contribution is 0.509. The minimum absolute atomic E-state index is 0.0116. The molecule has 0 amide bonds. The van der Waals surface area contributed by atoms with Gasteiger partial charge in [0.15, 0.2) is 10.1 Å². The maximum atomic E-state index is 13.8. The summed E-state index contributed by atoms with van der Waals surface area (Å²) in [5.74, 6) is 1.09. The van der Waals surface area contributed by atoms with E-state index in [2.05, 4.69) is 11.9 Å². The monoisotopic (exact) mass is 492 g/mol. The number of benzene rings is 1. The fourth-order valence-corrected chi connectivity index (χ4v) is 7.44. The molecule has 1 aliphatic rings. The lowest BCUT2D eigenvalue weighted by atomic mass is 9.89. The van der Waals surface area contributed by atoms with Gasteiger partial charge in [0.05, 0.1) is 16.8 Å². The third-order valence-corrected chi connectivity index (χ3v) is 8.90. The van der Waals surface area contributed by atoms with Crippen molar-refractivity contribution < 1.29 is 0 Å². The lowest BCUT2D eigenvalue weighted by Crippen LogP contribution is -2.22. The molecule has 0 radical (unpaired) electrons. The molecule has 4 heterocycles. The van der Waals surface area contributed by atoms with E-state index in [1.165, 1.54) is 33.5 Å². The van der Waals surface area contributed by atoms with Crippen molar-refractivity contribution in [1.29, 1.82) is 0 Å². The first-order chi connectivity index (χ1) is 16.1. The Bertz CT molecular complexity index is 1610. The van der Waals surface area contributed by atoms with E-state index in [0.29, 0.717) is 27.5 Å². The highest BCUT2D eigenvalue weighted by Gasteiger charge is 2.25. The summed E-state index contributed by atoms with van der Waals surface area (Å²) in [5.41, 5.74) is 2.55. The van der Waals surface area contributed by atoms with Crippen LogP contribution < -0.4 is 11.1 Å². The van der Waals surface area contributed by atoms with Gasteiger partial charge in [-0.15, -0.1) is 22.7 Å². The summed E-state index contributed by atoms with van der Waals surface area (Å²) in [4.78, 5) is 38.6. The highest BCUT2D eigenvalue weighted by Crippen LogP contribution is 2.37. The Kier molecular flexibility index (Phi) is 5.20. The van der Waals surface area contributed by atoms with Crippen LogP contribution in [0.4, 0.5) is 0 Å². The van der Waals surface area contributed by atoms with Crippen molar-refractivity contribution in [1.82, 2.24) is 18.9 Å². The number of hydrogen-bond donors (Lipinski definition) is 0. The van der Waals surface area contributed by atoms with Gasteiger partial charge < -0.3 is 0 Å². The molecule has 1 aromatic carbocycles. The molecule has 1 atom stereocenters. The maximum Gasteiger partial charge on any atom is 0.267 e. The zero-order valence-electron chi connectivity index (χ0n) is 17.9. The van der Waals surface area contributed by atoms with Gasteiger partial charge in [-0.1, -0.05) is 36.9 Å². The van der Waals surface area contributed by atoms with Gasteiger partial charge >= 0.3 is 0 Å². The second kappa shape index (κ2) is 8.23. The first-order valence-corrected chi connectivity index (χ1v) is 13.5. The predicted molar refractivity (Wildman–Crippen MR) is 135 cm³/mol. The zero-order valence-corrected chi connectivity index (χ0v) is 20.3. The number of aryl methyl sites for hydroxylation is 1. The highest BCUT2D eigenvalue weighted by molar-refractivity contribution is 7.98. The summed E-state index contributed by atoms with van der Waals surface area (Å²) in [6.07, 6.45) is 4.78. The van der Waals surface area contributed by atoms with Crippen LogP contribution in [-0.4, -0.2) is 18.9 Å². The summed E-state index contributed by atoms with van der Waals surface area (Å²) < 4.78 is 3.26. The molecule has 6 nitrogen and oxygen atoms in total. The van der Waals surface area contributed by atoms with Crippen molar-refractivity contribution in [3.05, 3.63) is 84.8 Å². The summed E-state index contributed by atoms with van der Waals surface area (Å²) in [7, 11) is 0. The topological polar surface area (TPSA) is 69.3 Å². The minimum atomic E-state index is -0.0965. The van der Waals surface area contributed by atoms with Crippen LogP contribution in [0.15, 0.2) is 62.7 Å². The van der Waals surface area contributed by atoms with Crippen LogP contribution >= 0.6 is 34.4 Å². The lowest BCUT2D eigenvalue weighted by Gasteiger charge is -2.17. The van der Waals surface area contributed by atoms with Crippen LogP contribution in [0.5, 0.6) is 0 Å². The molecule has 1 unspecified atom stereocenters. The van der Waals surface area contributed by atoms with Crippen LogP contribution in [0.25, 0.3) is 20.9 Å². The Hall–Kier alpha value is -2.75. The molecule has 0 saturated heterocycles. The Morgan fingerprint density at radius 3 is 2.88 bits per heavy atom. The fourth-order valence-electron chi connectivity index (χ4n) is 4.37. The number of fused-ring (bicyclic) bond motifs is 4. The zero-order chi connectivity index (χ0) is 22.5. The molecule has 0 aliphatic heterocycles. The molecule has 33 heavy (non-hydrogen) atoms. The second-order valence-electron chi connectivity index (χ2n) is 8.33. The molecular weight excluding hydrogens is 472 g/mol. The molecule has 9 heteroatoms. The van der Waals surface area contributed by atoms with Crippen LogP contribution in [0.3, 0.4) is 0 Å². The summed E-state index contributed by atoms with van der Waals surface area (Å²) in [5, 5.41) is 3.24. The van der Waals surface area contributed by atoms with Gasteiger partial charge in [-0.3, -0.25) is 18.6 Å². The number of thiophene rings is 1. The summed E-state index contributed by atoms with van der Waals surface area (Å²) in [6.45, 7) is 2.27. The fraction of sp³-hybridized carbons (Fsp3) is 0.250. The molecule has 0 saturated carbocycles. The summed E-state index contributed by atoms with van der Waals surface area (Å²) >= 11 is 4.53. The van der Waals surface area contributed by atoms with Crippen LogP contribution in [0.2, 0.25) is 0 Å². The smallest absolute Gasteiger partial charge is 0.267 e. The minimum Gasteiger partial charge on any atom is -0.269 e. The number of nitrogens with zero attached hydrogens (tertiary/aromatic N) is 4. The average molecular weight is 493 g/mol. The molecule has 0 N–H and O–H groups in total. The third-order valence-electron chi connectivity index (χ3n) is 6.02. The van der Waals surface area contributed by atoms with Crippen molar-refractivity contribution in [3.63, 3.8) is 0 Å². The number of para-hydroxylation sites is 1. The summed E-state index contributed by atoms with van der Waals surface area (Å²) in [6, 6.07) is 11.2. The van der Waals surface area contributed by atoms with E-state index in [9.17, 15) is 9.59 Å². The van der Waals surface area contributed by atoms with E-state index in [0.717, 1.165) is 35.2 Å². The van der Waals surface area contributed by atoms with Crippen molar-refractivity contribution in [2.75, 3.05) is 0 Å². The van der Waals surface area contributed by atoms with Crippen LogP contribution in [0.1, 0.15) is 29.5 Å². The largest absolute Gasteiger partial charge is 0.269 e. The molecular formula is C24H20N4O2S3. The van der Waals surface area contributed by atoms with Gasteiger partial charge in [-0.2, -0.15) is 0 Å². The van der Waals surface area contributed by atoms with Crippen molar-refractivity contribution in [3.8, 4) is 5.69 Å². The number of hydrogen-bond acceptors (Lipinski definition) is 7. The number of aromatic nitrogens is 4. The molecule has 0 bridgehead atoms. The second-order valence-corrected chi connectivity index (χ2v) is 11.2. The molecule has 0 fully saturated rings. The van der Waals surface area contributed by atoms with Crippen molar-refractivity contribution >= 4 is 49.6 Å². The van der Waals surface area contributed by atoms with Crippen molar-refractivity contribution in [2.24, 2.45) is 5.92 Å². The van der Waals surface area contributed by atoms with Crippen LogP contribution in [-0.2, 0) is 18.6 Å². The number of thioether (sulfide) groups is 1. The first-order valence-electron chi connectivity index (χ1n) is 10.8. The van der Waals surface area contributed by atoms with E-state index in [1.807, 2.05) is 35.7 Å². The van der Waals surface area contributed by atoms with Gasteiger partial charge in [-0.05, 0) is 42.9 Å². The van der Waals surface area contributed by atoms with E-state index >= 15 is 0 Å². The highest BCUT2D eigenvalue weighted by atomic mass is 32.2. The quantitative estimate of drug-likeness (QED) is 0.263. The normalized spacial score (nSPS) is 15.8. The van der Waals surface area contributed by atoms with Gasteiger partial charge in [-0.25, -0.2) is 9.97 Å². The van der Waals surface area contributed by atoms with E-state index in [1.54, 1.807) is 32.6 Å². The van der Waals surface area contributed by atoms with E-state index in [4.69, 9.17) is 4.98 Å². The Morgan fingerprint density at radius 1 is 1.18 bits per heavy atom. The Labute approximate surface area is 201 Å². The van der Waals surface area contributed by atoms with Crippen LogP contribution in [0, 0.1) is 5.92 Å². The maximum absolute atomic E-state index is 13.8. The molecule has 0 spiro atoms. The Balaban J connectivity index is 1.48. The molecule has 1 aliphatic carbocycles. The average Bonchev–Trinajstić information content (AvgIpc) is 3.42. The SMILES string of the molecule is CC1CCc2c(sc3nc(SCc4cc(=O)n5ccsc5n4)n(-c4ccccc4)c(=O)c23)C1. The van der Waals surface area contributed by atoms with E-state index < -0.39 is 0 Å². The standard InChI is InChI=1S/C24H20N4O2S3/c1-14-7-8-17-18(11-14)33-21-20(17)22(30)28(16-5-3-2-4-6-16)24(26-21)32-13-15-12-19(29)27-9-10-31-23(27)25-15/h2-6,9-10,12,14H,7-8,11,13H2,1H3. The molecule has 4 aromatic heterocycles. The van der Waals surface area contributed by atoms with Crippen molar-refractivity contribution in [2.45, 2.75) is 37.1 Å². The third kappa shape index (κ3) is 3.64. The predicted octanol–water partition coefficient (Wildman–Crippen LogP) is 4.93. The van der Waals surface area contributed by atoms with Gasteiger partial charge in [0.1, 0.15) is 4.83 Å². The first kappa shape index (κ1) is 20.8. The van der Waals surface area contributed by atoms with Gasteiger partial charge in [0, 0.05) is 28.3 Å². The molecule has 166 valence electrons. The number of thiazole rings is 1. The molecule has 5 aromatic rings. The Morgan fingerprint density at radius 2 is 2.03 bits per heavy atom. The molecule has 6 rings (SSSR count). The van der Waals surface area contributed by atoms with Gasteiger partial charge in [0.25, 0.3) is 11.1 Å².